The number of hydrogen-bond acceptors (Lipinski definition) is 4. The molecule has 8 heteroatoms. The largest absolute Gasteiger partial charge is 0.480 e. The maximum absolute atomic E-state index is 12.5. The normalized spacial score (nSPS) is 11.6. The Labute approximate surface area is 127 Å². The Hall–Kier alpha value is -2.64. The second kappa shape index (κ2) is 7.39. The predicted octanol–water partition coefficient (Wildman–Crippen LogP) is -0.265. The molecule has 0 saturated heterocycles. The van der Waals surface area contributed by atoms with Crippen LogP contribution in [0.5, 0.6) is 0 Å². The minimum absolute atomic E-state index is 0.0461. The number of amides is 2. The lowest BCUT2D eigenvalue weighted by Gasteiger charge is -2.27. The van der Waals surface area contributed by atoms with Crippen molar-refractivity contribution < 1.29 is 19.5 Å². The van der Waals surface area contributed by atoms with Gasteiger partial charge in [0.15, 0.2) is 0 Å². The van der Waals surface area contributed by atoms with Crippen LogP contribution in [0.3, 0.4) is 0 Å². The van der Waals surface area contributed by atoms with Gasteiger partial charge in [0, 0.05) is 32.3 Å². The molecule has 1 rings (SSSR count). The van der Waals surface area contributed by atoms with Crippen LogP contribution in [0.4, 0.5) is 0 Å². The van der Waals surface area contributed by atoms with E-state index in [-0.39, 0.29) is 30.1 Å². The molecule has 3 N–H and O–H groups in total. The molecule has 22 heavy (non-hydrogen) atoms. The van der Waals surface area contributed by atoms with E-state index in [1.807, 2.05) is 0 Å². The monoisotopic (exact) mass is 309 g/mol. The summed E-state index contributed by atoms with van der Waals surface area (Å²) in [5.41, 5.74) is 0.330. The first-order valence-electron chi connectivity index (χ1n) is 6.71. The van der Waals surface area contributed by atoms with Crippen LogP contribution in [-0.4, -0.2) is 51.9 Å². The smallest absolute Gasteiger partial charge is 0.326 e. The zero-order chi connectivity index (χ0) is 16.9. The van der Waals surface area contributed by atoms with E-state index >= 15 is 0 Å². The van der Waals surface area contributed by atoms with Crippen LogP contribution in [0, 0.1) is 6.92 Å². The van der Waals surface area contributed by atoms with Crippen LogP contribution >= 0.6 is 0 Å². The number of pyridine rings is 1. The number of aliphatic carboxylic acids is 1. The molecule has 0 aliphatic rings. The quantitative estimate of drug-likeness (QED) is 0.668. The van der Waals surface area contributed by atoms with Crippen molar-refractivity contribution in [2.24, 2.45) is 0 Å². The molecule has 0 saturated carbocycles. The van der Waals surface area contributed by atoms with Crippen LogP contribution in [0.25, 0.3) is 0 Å². The van der Waals surface area contributed by atoms with E-state index in [1.165, 1.54) is 26.1 Å². The first-order chi connectivity index (χ1) is 10.2. The lowest BCUT2D eigenvalue weighted by atomic mass is 10.1. The van der Waals surface area contributed by atoms with Gasteiger partial charge in [-0.15, -0.1) is 0 Å². The highest BCUT2D eigenvalue weighted by Gasteiger charge is 2.27. The first-order valence-corrected chi connectivity index (χ1v) is 6.71. The Kier molecular flexibility index (Phi) is 5.85. The molecular weight excluding hydrogens is 290 g/mol. The molecule has 120 valence electrons. The summed E-state index contributed by atoms with van der Waals surface area (Å²) < 4.78 is 0. The van der Waals surface area contributed by atoms with Crippen molar-refractivity contribution in [3.05, 3.63) is 33.7 Å². The zero-order valence-corrected chi connectivity index (χ0v) is 12.7. The van der Waals surface area contributed by atoms with Crippen molar-refractivity contribution in [1.29, 1.82) is 0 Å². The number of rotatable bonds is 6. The van der Waals surface area contributed by atoms with Gasteiger partial charge in [-0.3, -0.25) is 14.4 Å². The second-order valence-electron chi connectivity index (χ2n) is 4.89. The highest BCUT2D eigenvalue weighted by molar-refractivity contribution is 5.97. The van der Waals surface area contributed by atoms with Gasteiger partial charge in [-0.1, -0.05) is 0 Å². The number of carbonyl (C=O) groups excluding carboxylic acids is 2. The van der Waals surface area contributed by atoms with Gasteiger partial charge in [-0.05, 0) is 19.4 Å². The third-order valence-corrected chi connectivity index (χ3v) is 3.17. The number of aromatic amines is 1. The van der Waals surface area contributed by atoms with E-state index in [0.717, 1.165) is 4.90 Å². The minimum Gasteiger partial charge on any atom is -0.480 e. The molecule has 0 radical (unpaired) electrons. The van der Waals surface area contributed by atoms with E-state index in [9.17, 15) is 19.2 Å². The molecule has 2 amide bonds. The van der Waals surface area contributed by atoms with Gasteiger partial charge in [0.1, 0.15) is 6.04 Å². The number of nitrogens with zero attached hydrogens (tertiary/aromatic N) is 1. The number of nitrogens with one attached hydrogen (secondary N) is 2. The van der Waals surface area contributed by atoms with E-state index in [0.29, 0.717) is 5.56 Å². The summed E-state index contributed by atoms with van der Waals surface area (Å²) in [6, 6.07) is 0.206. The number of H-pyrrole nitrogens is 1. The summed E-state index contributed by atoms with van der Waals surface area (Å²) in [6.07, 6.45) is 1.26. The maximum atomic E-state index is 12.5. The van der Waals surface area contributed by atoms with Gasteiger partial charge in [0.25, 0.3) is 5.91 Å². The van der Waals surface area contributed by atoms with Gasteiger partial charge in [0.05, 0.1) is 5.56 Å². The van der Waals surface area contributed by atoms with Gasteiger partial charge in [0.2, 0.25) is 11.5 Å². The van der Waals surface area contributed by atoms with Gasteiger partial charge in [-0.25, -0.2) is 4.79 Å². The Morgan fingerprint density at radius 1 is 1.41 bits per heavy atom. The Morgan fingerprint density at radius 3 is 2.55 bits per heavy atom. The molecular formula is C14H19N3O5. The maximum Gasteiger partial charge on any atom is 0.326 e. The average Bonchev–Trinajstić information content (AvgIpc) is 2.42. The van der Waals surface area contributed by atoms with Crippen LogP contribution in [-0.2, 0) is 9.59 Å². The minimum atomic E-state index is -1.15. The molecule has 0 aromatic carbocycles. The lowest BCUT2D eigenvalue weighted by molar-refractivity contribution is -0.141. The van der Waals surface area contributed by atoms with Crippen molar-refractivity contribution in [3.8, 4) is 0 Å². The highest BCUT2D eigenvalue weighted by Crippen LogP contribution is 2.11. The Balaban J connectivity index is 3.03. The fraction of sp³-hybridized carbons (Fsp3) is 0.429. The summed E-state index contributed by atoms with van der Waals surface area (Å²) in [5.74, 6) is -1.94. The molecule has 0 aliphatic heterocycles. The molecule has 0 bridgehead atoms. The van der Waals surface area contributed by atoms with Crippen LogP contribution in [0.2, 0.25) is 0 Å². The summed E-state index contributed by atoms with van der Waals surface area (Å²) in [7, 11) is 0. The third-order valence-electron chi connectivity index (χ3n) is 3.17. The fourth-order valence-electron chi connectivity index (χ4n) is 1.92. The molecule has 0 fully saturated rings. The zero-order valence-electron chi connectivity index (χ0n) is 12.7. The van der Waals surface area contributed by atoms with Gasteiger partial charge in [-0.2, -0.15) is 0 Å². The van der Waals surface area contributed by atoms with E-state index in [1.54, 1.807) is 6.92 Å². The molecule has 0 spiro atoms. The molecule has 1 aromatic heterocycles. The summed E-state index contributed by atoms with van der Waals surface area (Å²) in [6.45, 7) is 4.50. The molecule has 0 aliphatic carbocycles. The number of carboxylic acid groups (broad SMARTS) is 1. The van der Waals surface area contributed by atoms with Crippen molar-refractivity contribution in [2.75, 3.05) is 13.1 Å². The van der Waals surface area contributed by atoms with Crippen LogP contribution < -0.4 is 10.9 Å². The van der Waals surface area contributed by atoms with E-state index < -0.39 is 17.9 Å². The molecule has 8 nitrogen and oxygen atoms in total. The van der Waals surface area contributed by atoms with Crippen LogP contribution in [0.15, 0.2) is 17.1 Å². The Morgan fingerprint density at radius 2 is 2.05 bits per heavy atom. The molecule has 1 unspecified atom stereocenters. The van der Waals surface area contributed by atoms with Crippen molar-refractivity contribution in [3.63, 3.8) is 0 Å². The van der Waals surface area contributed by atoms with Gasteiger partial charge < -0.3 is 20.3 Å². The Bertz CT molecular complexity index is 638. The summed E-state index contributed by atoms with van der Waals surface area (Å²) in [4.78, 5) is 49.3. The number of aryl methyl sites for hydroxylation is 1. The SMILES string of the molecule is CC(=O)NCCN(C(=O)c1c[nH]c(=O)cc1C)C(C)C(=O)O. The number of carbonyl (C=O) groups is 3. The number of hydrogen-bond donors (Lipinski definition) is 3. The second-order valence-corrected chi connectivity index (χ2v) is 4.89. The first kappa shape index (κ1) is 17.4. The lowest BCUT2D eigenvalue weighted by Crippen LogP contribution is -2.47. The average molecular weight is 309 g/mol. The highest BCUT2D eigenvalue weighted by atomic mass is 16.4. The molecule has 1 heterocycles. The topological polar surface area (TPSA) is 120 Å². The van der Waals surface area contributed by atoms with E-state index in [2.05, 4.69) is 10.3 Å². The van der Waals surface area contributed by atoms with Crippen molar-refractivity contribution in [2.45, 2.75) is 26.8 Å². The van der Waals surface area contributed by atoms with Crippen molar-refractivity contribution in [1.82, 2.24) is 15.2 Å². The predicted molar refractivity (Wildman–Crippen MR) is 78.6 cm³/mol. The number of carboxylic acids is 1. The molecule has 1 aromatic rings. The summed E-state index contributed by atoms with van der Waals surface area (Å²) >= 11 is 0. The summed E-state index contributed by atoms with van der Waals surface area (Å²) in [5, 5.41) is 11.6. The standard InChI is InChI=1S/C14H19N3O5/c1-8-6-12(19)16-7-11(8)13(20)17(9(2)14(21)22)5-4-15-10(3)18/h6-7,9H,4-5H2,1-3H3,(H,15,18)(H,16,19)(H,21,22). The molecule has 1 atom stereocenters. The fourth-order valence-corrected chi connectivity index (χ4v) is 1.92. The number of aromatic nitrogens is 1. The van der Waals surface area contributed by atoms with Gasteiger partial charge >= 0.3 is 5.97 Å². The third kappa shape index (κ3) is 4.44. The van der Waals surface area contributed by atoms with E-state index in [4.69, 9.17) is 5.11 Å². The van der Waals surface area contributed by atoms with Crippen LogP contribution in [0.1, 0.15) is 29.8 Å². The van der Waals surface area contributed by atoms with Crippen molar-refractivity contribution >= 4 is 17.8 Å².